The molecule has 0 radical (unpaired) electrons. The first-order chi connectivity index (χ1) is 6.68. The van der Waals surface area contributed by atoms with Gasteiger partial charge in [-0.2, -0.15) is 26.3 Å². The first-order valence-corrected chi connectivity index (χ1v) is 3.91. The molecule has 1 aromatic carbocycles. The Kier molecular flexibility index (Phi) is 2.97. The van der Waals surface area contributed by atoms with Gasteiger partial charge in [-0.3, -0.25) is 0 Å². The van der Waals surface area contributed by atoms with Crippen LogP contribution in [0.2, 0.25) is 0 Å². The fourth-order valence-corrected chi connectivity index (χ4v) is 1.09. The van der Waals surface area contributed by atoms with E-state index in [0.717, 1.165) is 18.2 Å². The van der Waals surface area contributed by atoms with Crippen molar-refractivity contribution in [1.29, 1.82) is 0 Å². The lowest BCUT2D eigenvalue weighted by Crippen LogP contribution is -2.13. The molecule has 6 heteroatoms. The van der Waals surface area contributed by atoms with E-state index in [1.807, 2.05) is 0 Å². The maximum absolute atomic E-state index is 12.1. The van der Waals surface area contributed by atoms with E-state index < -0.39 is 29.9 Å². The number of benzene rings is 1. The van der Waals surface area contributed by atoms with E-state index in [-0.39, 0.29) is 0 Å². The van der Waals surface area contributed by atoms with Crippen LogP contribution < -0.4 is 0 Å². The van der Waals surface area contributed by atoms with Gasteiger partial charge in [-0.15, -0.1) is 0 Å². The predicted octanol–water partition coefficient (Wildman–Crippen LogP) is 3.81. The fraction of sp³-hybridized carbons (Fsp3) is 0.333. The Morgan fingerprint density at radius 2 is 1.53 bits per heavy atom. The van der Waals surface area contributed by atoms with Gasteiger partial charge in [0.25, 0.3) is 0 Å². The summed E-state index contributed by atoms with van der Waals surface area (Å²) in [5.41, 5.74) is -1.46. The SMILES string of the molecule is FC(F)(F)Cc1cccc(C(F)(F)F)c1. The van der Waals surface area contributed by atoms with Gasteiger partial charge >= 0.3 is 12.4 Å². The van der Waals surface area contributed by atoms with Crippen molar-refractivity contribution in [3.05, 3.63) is 35.4 Å². The highest BCUT2D eigenvalue weighted by Crippen LogP contribution is 2.31. The van der Waals surface area contributed by atoms with E-state index >= 15 is 0 Å². The van der Waals surface area contributed by atoms with Gasteiger partial charge in [-0.05, 0) is 11.6 Å². The van der Waals surface area contributed by atoms with Crippen LogP contribution in [0.3, 0.4) is 0 Å². The van der Waals surface area contributed by atoms with Crippen LogP contribution in [0.15, 0.2) is 24.3 Å². The highest BCUT2D eigenvalue weighted by atomic mass is 19.4. The minimum Gasteiger partial charge on any atom is -0.171 e. The van der Waals surface area contributed by atoms with Crippen molar-refractivity contribution >= 4 is 0 Å². The van der Waals surface area contributed by atoms with Crippen molar-refractivity contribution in [2.45, 2.75) is 18.8 Å². The van der Waals surface area contributed by atoms with E-state index in [0.29, 0.717) is 6.07 Å². The Hall–Kier alpha value is -1.20. The average molecular weight is 228 g/mol. The van der Waals surface area contributed by atoms with Crippen LogP contribution in [0.25, 0.3) is 0 Å². The predicted molar refractivity (Wildman–Crippen MR) is 41.2 cm³/mol. The highest BCUT2D eigenvalue weighted by molar-refractivity contribution is 5.26. The van der Waals surface area contributed by atoms with Crippen molar-refractivity contribution < 1.29 is 26.3 Å². The quantitative estimate of drug-likeness (QED) is 0.641. The Morgan fingerprint density at radius 3 is 2.00 bits per heavy atom. The molecule has 0 spiro atoms. The molecule has 84 valence electrons. The topological polar surface area (TPSA) is 0 Å². The summed E-state index contributed by atoms with van der Waals surface area (Å²) in [7, 11) is 0. The molecule has 0 aliphatic rings. The van der Waals surface area contributed by atoms with Crippen LogP contribution in [0, 0.1) is 0 Å². The summed E-state index contributed by atoms with van der Waals surface area (Å²) < 4.78 is 72.0. The Balaban J connectivity index is 2.94. The Bertz CT molecular complexity index is 335. The molecule has 0 saturated heterocycles. The summed E-state index contributed by atoms with van der Waals surface area (Å²) in [6.07, 6.45) is -10.5. The number of hydrogen-bond acceptors (Lipinski definition) is 0. The number of alkyl halides is 6. The molecule has 0 N–H and O–H groups in total. The molecule has 0 heterocycles. The van der Waals surface area contributed by atoms with E-state index in [1.54, 1.807) is 0 Å². The maximum atomic E-state index is 12.1. The highest BCUT2D eigenvalue weighted by Gasteiger charge is 2.32. The second kappa shape index (κ2) is 3.75. The zero-order valence-corrected chi connectivity index (χ0v) is 7.28. The molecule has 0 fully saturated rings. The fourth-order valence-electron chi connectivity index (χ4n) is 1.09. The van der Waals surface area contributed by atoms with Crippen LogP contribution in [0.4, 0.5) is 26.3 Å². The smallest absolute Gasteiger partial charge is 0.171 e. The summed E-state index contributed by atoms with van der Waals surface area (Å²) in [5.74, 6) is 0. The van der Waals surface area contributed by atoms with Crippen LogP contribution in [0.5, 0.6) is 0 Å². The molecule has 0 aromatic heterocycles. The molecule has 15 heavy (non-hydrogen) atoms. The van der Waals surface area contributed by atoms with Gasteiger partial charge in [0.1, 0.15) is 0 Å². The van der Waals surface area contributed by atoms with Gasteiger partial charge in [0.05, 0.1) is 12.0 Å². The molecular formula is C9H6F6. The lowest BCUT2D eigenvalue weighted by molar-refractivity contribution is -0.138. The largest absolute Gasteiger partial charge is 0.416 e. The molecule has 0 atom stereocenters. The van der Waals surface area contributed by atoms with E-state index in [9.17, 15) is 26.3 Å². The summed E-state index contributed by atoms with van der Waals surface area (Å²) in [6, 6.07) is 3.22. The van der Waals surface area contributed by atoms with Gasteiger partial charge < -0.3 is 0 Å². The van der Waals surface area contributed by atoms with Crippen molar-refractivity contribution in [3.63, 3.8) is 0 Å². The van der Waals surface area contributed by atoms with Crippen LogP contribution in [-0.2, 0) is 12.6 Å². The zero-order valence-electron chi connectivity index (χ0n) is 7.28. The molecule has 0 amide bonds. The van der Waals surface area contributed by atoms with E-state index in [2.05, 4.69) is 0 Å². The normalized spacial score (nSPS) is 12.9. The number of halogens is 6. The van der Waals surface area contributed by atoms with Crippen molar-refractivity contribution in [2.75, 3.05) is 0 Å². The van der Waals surface area contributed by atoms with Crippen molar-refractivity contribution in [3.8, 4) is 0 Å². The Morgan fingerprint density at radius 1 is 0.933 bits per heavy atom. The Labute approximate surface area is 81.5 Å². The molecule has 0 nitrogen and oxygen atoms in total. The van der Waals surface area contributed by atoms with Gasteiger partial charge in [-0.1, -0.05) is 18.2 Å². The van der Waals surface area contributed by atoms with Gasteiger partial charge in [0.2, 0.25) is 0 Å². The minimum atomic E-state index is -4.61. The minimum absolute atomic E-state index is 0.391. The summed E-state index contributed by atoms with van der Waals surface area (Å²) >= 11 is 0. The monoisotopic (exact) mass is 228 g/mol. The molecule has 0 aliphatic heterocycles. The third-order valence-corrected chi connectivity index (χ3v) is 1.66. The standard InChI is InChI=1S/C9H6F6/c10-8(11,12)5-6-2-1-3-7(4-6)9(13,14)15/h1-4H,5H2. The van der Waals surface area contributed by atoms with Crippen LogP contribution >= 0.6 is 0 Å². The third kappa shape index (κ3) is 3.81. The third-order valence-electron chi connectivity index (χ3n) is 1.66. The van der Waals surface area contributed by atoms with Gasteiger partial charge in [-0.25, -0.2) is 0 Å². The molecule has 0 aliphatic carbocycles. The van der Waals surface area contributed by atoms with Crippen molar-refractivity contribution in [1.82, 2.24) is 0 Å². The number of rotatable bonds is 1. The molecule has 1 aromatic rings. The molecule has 1 rings (SSSR count). The lowest BCUT2D eigenvalue weighted by atomic mass is 10.1. The number of hydrogen-bond donors (Lipinski definition) is 0. The molecule has 0 saturated carbocycles. The molecular weight excluding hydrogens is 222 g/mol. The van der Waals surface area contributed by atoms with E-state index in [1.165, 1.54) is 0 Å². The van der Waals surface area contributed by atoms with Crippen LogP contribution in [-0.4, -0.2) is 6.18 Å². The van der Waals surface area contributed by atoms with Gasteiger partial charge in [0.15, 0.2) is 0 Å². The summed E-state index contributed by atoms with van der Waals surface area (Å²) in [4.78, 5) is 0. The average Bonchev–Trinajstić information content (AvgIpc) is 1.99. The first kappa shape index (κ1) is 11.9. The van der Waals surface area contributed by atoms with Crippen molar-refractivity contribution in [2.24, 2.45) is 0 Å². The first-order valence-electron chi connectivity index (χ1n) is 3.91. The summed E-state index contributed by atoms with van der Waals surface area (Å²) in [6.45, 7) is 0. The van der Waals surface area contributed by atoms with Gasteiger partial charge in [0, 0.05) is 0 Å². The lowest BCUT2D eigenvalue weighted by Gasteiger charge is -2.10. The second-order valence-corrected chi connectivity index (χ2v) is 2.99. The molecule has 0 unspecified atom stereocenters. The zero-order chi connectivity index (χ0) is 11.7. The molecule has 0 bridgehead atoms. The second-order valence-electron chi connectivity index (χ2n) is 2.99. The van der Waals surface area contributed by atoms with Crippen LogP contribution in [0.1, 0.15) is 11.1 Å². The summed E-state index contributed by atoms with van der Waals surface area (Å²) in [5, 5.41) is 0. The van der Waals surface area contributed by atoms with E-state index in [4.69, 9.17) is 0 Å². The maximum Gasteiger partial charge on any atom is 0.416 e.